The Morgan fingerprint density at radius 3 is 2.70 bits per heavy atom. The first-order chi connectivity index (χ1) is 9.70. The molecule has 1 unspecified atom stereocenters. The second kappa shape index (κ2) is 6.91. The maximum absolute atomic E-state index is 12.1. The number of amides is 1. The number of nitrogens with zero attached hydrogens (tertiary/aromatic N) is 1. The summed E-state index contributed by atoms with van der Waals surface area (Å²) in [5, 5.41) is 11.8. The molecule has 0 bridgehead atoms. The number of hydrogen-bond donors (Lipinski definition) is 2. The normalized spacial score (nSPS) is 12.1. The molecule has 4 heteroatoms. The Morgan fingerprint density at radius 2 is 2.00 bits per heavy atom. The maximum Gasteiger partial charge on any atom is 0.267 e. The smallest absolute Gasteiger partial charge is 0.267 e. The van der Waals surface area contributed by atoms with Crippen molar-refractivity contribution in [3.05, 3.63) is 59.9 Å². The lowest BCUT2D eigenvalue weighted by atomic mass is 10.2. The number of aromatic nitrogens is 1. The van der Waals surface area contributed by atoms with Gasteiger partial charge >= 0.3 is 0 Å². The molecule has 2 rings (SSSR count). The van der Waals surface area contributed by atoms with Crippen molar-refractivity contribution in [1.29, 1.82) is 0 Å². The molecule has 1 amide bonds. The van der Waals surface area contributed by atoms with Gasteiger partial charge in [0.25, 0.3) is 5.91 Å². The minimum atomic E-state index is -0.105. The van der Waals surface area contributed by atoms with Crippen LogP contribution in [-0.2, 0) is 6.54 Å². The van der Waals surface area contributed by atoms with Gasteiger partial charge in [-0.2, -0.15) is 0 Å². The van der Waals surface area contributed by atoms with Gasteiger partial charge in [0.1, 0.15) is 5.69 Å². The van der Waals surface area contributed by atoms with Crippen LogP contribution in [0.3, 0.4) is 0 Å². The summed E-state index contributed by atoms with van der Waals surface area (Å²) in [5.74, 6) is -0.0392. The van der Waals surface area contributed by atoms with Gasteiger partial charge in [0.05, 0.1) is 0 Å². The molecule has 0 aliphatic rings. The number of carbonyl (C=O) groups is 1. The average molecular weight is 272 g/mol. The fourth-order valence-corrected chi connectivity index (χ4v) is 1.96. The molecule has 20 heavy (non-hydrogen) atoms. The van der Waals surface area contributed by atoms with E-state index >= 15 is 0 Å². The van der Waals surface area contributed by atoms with Crippen LogP contribution in [0.15, 0.2) is 48.7 Å². The van der Waals surface area contributed by atoms with Crippen LogP contribution in [-0.4, -0.2) is 28.7 Å². The maximum atomic E-state index is 12.1. The van der Waals surface area contributed by atoms with Crippen LogP contribution < -0.4 is 5.32 Å². The molecular formula is C16H20N2O2. The van der Waals surface area contributed by atoms with E-state index in [1.54, 1.807) is 0 Å². The topological polar surface area (TPSA) is 54.3 Å². The molecule has 106 valence electrons. The van der Waals surface area contributed by atoms with Gasteiger partial charge in [0, 0.05) is 25.9 Å². The summed E-state index contributed by atoms with van der Waals surface area (Å²) >= 11 is 0. The summed E-state index contributed by atoms with van der Waals surface area (Å²) in [6, 6.07) is 13.7. The molecule has 0 aliphatic heterocycles. The van der Waals surface area contributed by atoms with Crippen LogP contribution in [0, 0.1) is 5.92 Å². The van der Waals surface area contributed by atoms with Crippen LogP contribution in [0.1, 0.15) is 23.0 Å². The molecule has 2 aromatic rings. The molecule has 0 radical (unpaired) electrons. The molecule has 2 N–H and O–H groups in total. The molecular weight excluding hydrogens is 252 g/mol. The first-order valence-electron chi connectivity index (χ1n) is 6.79. The fourth-order valence-electron chi connectivity index (χ4n) is 1.96. The molecule has 0 fully saturated rings. The van der Waals surface area contributed by atoms with Gasteiger partial charge in [-0.15, -0.1) is 0 Å². The SMILES string of the molecule is CC(CO)CNC(=O)c1cccn1Cc1ccccc1. The van der Waals surface area contributed by atoms with Crippen molar-refractivity contribution in [2.75, 3.05) is 13.2 Å². The average Bonchev–Trinajstić information content (AvgIpc) is 2.93. The first kappa shape index (κ1) is 14.3. The number of aliphatic hydroxyl groups is 1. The highest BCUT2D eigenvalue weighted by Crippen LogP contribution is 2.08. The van der Waals surface area contributed by atoms with Gasteiger partial charge in [0.15, 0.2) is 0 Å². The van der Waals surface area contributed by atoms with Gasteiger partial charge in [-0.05, 0) is 23.6 Å². The summed E-state index contributed by atoms with van der Waals surface area (Å²) < 4.78 is 1.92. The van der Waals surface area contributed by atoms with Crippen LogP contribution >= 0.6 is 0 Å². The first-order valence-corrected chi connectivity index (χ1v) is 6.79. The van der Waals surface area contributed by atoms with Crippen molar-refractivity contribution in [2.24, 2.45) is 5.92 Å². The van der Waals surface area contributed by atoms with E-state index in [1.165, 1.54) is 0 Å². The minimum absolute atomic E-state index is 0.0662. The number of benzene rings is 1. The monoisotopic (exact) mass is 272 g/mol. The van der Waals surface area contributed by atoms with E-state index in [1.807, 2.05) is 60.2 Å². The molecule has 0 aliphatic carbocycles. The highest BCUT2D eigenvalue weighted by Gasteiger charge is 2.11. The van der Waals surface area contributed by atoms with Gasteiger partial charge in [-0.3, -0.25) is 4.79 Å². The number of nitrogens with one attached hydrogen (secondary N) is 1. The van der Waals surface area contributed by atoms with Crippen molar-refractivity contribution in [1.82, 2.24) is 9.88 Å². The Balaban J connectivity index is 2.03. The predicted octanol–water partition coefficient (Wildman–Crippen LogP) is 1.89. The van der Waals surface area contributed by atoms with E-state index < -0.39 is 0 Å². The van der Waals surface area contributed by atoms with Crippen LogP contribution in [0.5, 0.6) is 0 Å². The van der Waals surface area contributed by atoms with Crippen molar-refractivity contribution in [3.8, 4) is 0 Å². The highest BCUT2D eigenvalue weighted by atomic mass is 16.3. The third-order valence-electron chi connectivity index (χ3n) is 3.18. The molecule has 1 aromatic carbocycles. The Labute approximate surface area is 119 Å². The predicted molar refractivity (Wildman–Crippen MR) is 78.6 cm³/mol. The standard InChI is InChI=1S/C16H20N2O2/c1-13(12-19)10-17-16(20)15-8-5-9-18(15)11-14-6-3-2-4-7-14/h2-9,13,19H,10-12H2,1H3,(H,17,20). The molecule has 1 aromatic heterocycles. The lowest BCUT2D eigenvalue weighted by Gasteiger charge is -2.12. The second-order valence-corrected chi connectivity index (χ2v) is 5.00. The van der Waals surface area contributed by atoms with Crippen LogP contribution in [0.4, 0.5) is 0 Å². The quantitative estimate of drug-likeness (QED) is 0.844. The summed E-state index contributed by atoms with van der Waals surface area (Å²) in [7, 11) is 0. The van der Waals surface area contributed by atoms with Crippen molar-refractivity contribution < 1.29 is 9.90 Å². The summed E-state index contributed by atoms with van der Waals surface area (Å²) in [5.41, 5.74) is 1.79. The van der Waals surface area contributed by atoms with E-state index in [9.17, 15) is 4.79 Å². The molecule has 0 spiro atoms. The van der Waals surface area contributed by atoms with E-state index in [0.717, 1.165) is 5.56 Å². The largest absolute Gasteiger partial charge is 0.396 e. The summed E-state index contributed by atoms with van der Waals surface area (Å²) in [6.07, 6.45) is 1.90. The lowest BCUT2D eigenvalue weighted by Crippen LogP contribution is -2.31. The van der Waals surface area contributed by atoms with E-state index in [2.05, 4.69) is 5.32 Å². The summed E-state index contributed by atoms with van der Waals surface area (Å²) in [6.45, 7) is 3.12. The Kier molecular flexibility index (Phi) is 4.96. The zero-order valence-electron chi connectivity index (χ0n) is 11.6. The lowest BCUT2D eigenvalue weighted by molar-refractivity contribution is 0.0933. The zero-order valence-corrected chi connectivity index (χ0v) is 11.6. The number of rotatable bonds is 6. The van der Waals surface area contributed by atoms with E-state index in [4.69, 9.17) is 5.11 Å². The fraction of sp³-hybridized carbons (Fsp3) is 0.312. The highest BCUT2D eigenvalue weighted by molar-refractivity contribution is 5.92. The van der Waals surface area contributed by atoms with E-state index in [0.29, 0.717) is 18.8 Å². The van der Waals surface area contributed by atoms with Gasteiger partial charge in [-0.1, -0.05) is 37.3 Å². The molecule has 0 saturated carbocycles. The third-order valence-corrected chi connectivity index (χ3v) is 3.18. The van der Waals surface area contributed by atoms with Gasteiger partial charge in [-0.25, -0.2) is 0 Å². The third kappa shape index (κ3) is 3.71. The van der Waals surface area contributed by atoms with E-state index in [-0.39, 0.29) is 18.4 Å². The van der Waals surface area contributed by atoms with Crippen LogP contribution in [0.2, 0.25) is 0 Å². The molecule has 1 heterocycles. The van der Waals surface area contributed by atoms with Gasteiger partial charge in [0.2, 0.25) is 0 Å². The molecule has 1 atom stereocenters. The van der Waals surface area contributed by atoms with Crippen LogP contribution in [0.25, 0.3) is 0 Å². The number of aliphatic hydroxyl groups excluding tert-OH is 1. The summed E-state index contributed by atoms with van der Waals surface area (Å²) in [4.78, 5) is 12.1. The molecule has 4 nitrogen and oxygen atoms in total. The number of carbonyl (C=O) groups excluding carboxylic acids is 1. The van der Waals surface area contributed by atoms with Crippen molar-refractivity contribution >= 4 is 5.91 Å². The van der Waals surface area contributed by atoms with Crippen molar-refractivity contribution in [3.63, 3.8) is 0 Å². The number of hydrogen-bond acceptors (Lipinski definition) is 2. The van der Waals surface area contributed by atoms with Gasteiger partial charge < -0.3 is 15.0 Å². The Morgan fingerprint density at radius 1 is 1.25 bits per heavy atom. The Bertz CT molecular complexity index is 549. The minimum Gasteiger partial charge on any atom is -0.396 e. The van der Waals surface area contributed by atoms with Crippen molar-refractivity contribution in [2.45, 2.75) is 13.5 Å². The Hall–Kier alpha value is -2.07. The zero-order chi connectivity index (χ0) is 14.4. The second-order valence-electron chi connectivity index (χ2n) is 5.00. The molecule has 0 saturated heterocycles.